The summed E-state index contributed by atoms with van der Waals surface area (Å²) >= 11 is 0. The van der Waals surface area contributed by atoms with E-state index in [-0.39, 0.29) is 17.5 Å². The lowest BCUT2D eigenvalue weighted by atomic mass is 10.1. The molecule has 0 unspecified atom stereocenters. The highest BCUT2D eigenvalue weighted by Crippen LogP contribution is 2.30. The van der Waals surface area contributed by atoms with Gasteiger partial charge in [0.05, 0.1) is 10.3 Å². The van der Waals surface area contributed by atoms with Gasteiger partial charge in [-0.3, -0.25) is 19.9 Å². The number of hydrogen-bond acceptors (Lipinski definition) is 5. The van der Waals surface area contributed by atoms with Gasteiger partial charge in [-0.2, -0.15) is 0 Å². The first-order chi connectivity index (χ1) is 10.5. The van der Waals surface area contributed by atoms with E-state index in [2.05, 4.69) is 15.6 Å². The number of carbonyl (C=O) groups is 1. The third-order valence-corrected chi connectivity index (χ3v) is 3.26. The normalized spacial score (nSPS) is 10.7. The Balaban J connectivity index is 2.11. The van der Waals surface area contributed by atoms with Gasteiger partial charge in [0.1, 0.15) is 0 Å². The predicted octanol–water partition coefficient (Wildman–Crippen LogP) is 2.33. The molecular weight excluding hydrogens is 284 g/mol. The van der Waals surface area contributed by atoms with Gasteiger partial charge in [0.15, 0.2) is 0 Å². The maximum absolute atomic E-state index is 11.5. The average Bonchev–Trinajstić information content (AvgIpc) is 2.50. The number of nitro benzene ring substituents is 1. The third kappa shape index (κ3) is 3.49. The molecule has 0 fully saturated rings. The molecule has 1 heterocycles. The first-order valence-electron chi connectivity index (χ1n) is 7.03. The summed E-state index contributed by atoms with van der Waals surface area (Å²) in [5.74, 6) is -0.0502. The van der Waals surface area contributed by atoms with Crippen LogP contribution in [-0.4, -0.2) is 28.9 Å². The summed E-state index contributed by atoms with van der Waals surface area (Å²) in [6.07, 6.45) is 3.08. The van der Waals surface area contributed by atoms with Crippen molar-refractivity contribution in [3.8, 4) is 0 Å². The van der Waals surface area contributed by atoms with Crippen LogP contribution in [0.1, 0.15) is 13.8 Å². The molecule has 7 heteroatoms. The molecule has 7 nitrogen and oxygen atoms in total. The number of anilines is 1. The summed E-state index contributed by atoms with van der Waals surface area (Å²) < 4.78 is 0. The van der Waals surface area contributed by atoms with E-state index in [1.807, 2.05) is 13.8 Å². The van der Waals surface area contributed by atoms with Crippen LogP contribution in [0.15, 0.2) is 30.6 Å². The third-order valence-electron chi connectivity index (χ3n) is 3.26. The first-order valence-corrected chi connectivity index (χ1v) is 7.03. The van der Waals surface area contributed by atoms with E-state index in [1.165, 1.54) is 12.3 Å². The van der Waals surface area contributed by atoms with E-state index >= 15 is 0 Å². The number of hydrogen-bond donors (Lipinski definition) is 2. The van der Waals surface area contributed by atoms with Crippen LogP contribution in [0.3, 0.4) is 0 Å². The van der Waals surface area contributed by atoms with Gasteiger partial charge >= 0.3 is 0 Å². The van der Waals surface area contributed by atoms with Gasteiger partial charge in [-0.1, -0.05) is 13.8 Å². The Morgan fingerprint density at radius 3 is 2.73 bits per heavy atom. The molecule has 2 N–H and O–H groups in total. The number of carbonyl (C=O) groups excluding carboxylic acids is 1. The molecule has 0 atom stereocenters. The zero-order chi connectivity index (χ0) is 16.1. The molecule has 2 aromatic rings. The van der Waals surface area contributed by atoms with Crippen molar-refractivity contribution in [1.29, 1.82) is 0 Å². The van der Waals surface area contributed by atoms with E-state index in [0.29, 0.717) is 18.5 Å². The van der Waals surface area contributed by atoms with E-state index < -0.39 is 4.92 Å². The minimum atomic E-state index is -0.420. The number of rotatable bonds is 6. The highest BCUT2D eigenvalue weighted by atomic mass is 16.6. The Hall–Kier alpha value is -2.70. The van der Waals surface area contributed by atoms with Crippen molar-refractivity contribution in [2.45, 2.75) is 13.8 Å². The fraction of sp³-hybridized carbons (Fsp3) is 0.333. The summed E-state index contributed by atoms with van der Waals surface area (Å²) in [5.41, 5.74) is 0.809. The van der Waals surface area contributed by atoms with E-state index in [0.717, 1.165) is 11.1 Å². The van der Waals surface area contributed by atoms with Gasteiger partial charge in [0.25, 0.3) is 5.69 Å². The number of fused-ring (bicyclic) bond motifs is 1. The largest absolute Gasteiger partial charge is 0.383 e. The fourth-order valence-corrected chi connectivity index (χ4v) is 2.08. The maximum Gasteiger partial charge on any atom is 0.278 e. The Labute approximate surface area is 127 Å². The molecule has 2 rings (SSSR count). The smallest absolute Gasteiger partial charge is 0.278 e. The van der Waals surface area contributed by atoms with Crippen molar-refractivity contribution in [3.05, 3.63) is 40.7 Å². The van der Waals surface area contributed by atoms with Crippen LogP contribution in [0.2, 0.25) is 0 Å². The number of non-ortho nitro benzene ring substituents is 1. The fourth-order valence-electron chi connectivity index (χ4n) is 2.08. The Morgan fingerprint density at radius 1 is 1.27 bits per heavy atom. The van der Waals surface area contributed by atoms with Crippen molar-refractivity contribution in [2.75, 3.05) is 18.4 Å². The van der Waals surface area contributed by atoms with Crippen LogP contribution in [-0.2, 0) is 4.79 Å². The monoisotopic (exact) mass is 302 g/mol. The molecule has 0 bridgehead atoms. The van der Waals surface area contributed by atoms with Crippen LogP contribution in [0, 0.1) is 16.0 Å². The summed E-state index contributed by atoms with van der Waals surface area (Å²) in [4.78, 5) is 26.0. The van der Waals surface area contributed by atoms with E-state index in [4.69, 9.17) is 0 Å². The van der Waals surface area contributed by atoms with Crippen LogP contribution in [0.25, 0.3) is 10.8 Å². The van der Waals surface area contributed by atoms with Gasteiger partial charge in [0, 0.05) is 48.5 Å². The number of pyridine rings is 1. The van der Waals surface area contributed by atoms with Gasteiger partial charge < -0.3 is 10.6 Å². The molecule has 0 aliphatic rings. The summed E-state index contributed by atoms with van der Waals surface area (Å²) in [6, 6.07) is 4.86. The summed E-state index contributed by atoms with van der Waals surface area (Å²) in [7, 11) is 0. The topological polar surface area (TPSA) is 97.2 Å². The van der Waals surface area contributed by atoms with Crippen molar-refractivity contribution in [2.24, 2.45) is 5.92 Å². The van der Waals surface area contributed by atoms with E-state index in [9.17, 15) is 14.9 Å². The quantitative estimate of drug-likeness (QED) is 0.485. The SMILES string of the molecule is CC(C)C(=O)NCCNc1ccc([N+](=O)[O-])c2cnccc12. The van der Waals surface area contributed by atoms with Gasteiger partial charge in [-0.15, -0.1) is 0 Å². The zero-order valence-electron chi connectivity index (χ0n) is 12.5. The van der Waals surface area contributed by atoms with Gasteiger partial charge in [-0.05, 0) is 12.1 Å². The molecule has 22 heavy (non-hydrogen) atoms. The molecule has 1 amide bonds. The standard InChI is InChI=1S/C15H18N4O3/c1-10(2)15(20)18-8-7-17-13-3-4-14(19(21)22)12-9-16-6-5-11(12)13/h3-6,9-10,17H,7-8H2,1-2H3,(H,18,20). The lowest BCUT2D eigenvalue weighted by Crippen LogP contribution is -2.31. The molecule has 0 aliphatic carbocycles. The second-order valence-electron chi connectivity index (χ2n) is 5.18. The van der Waals surface area contributed by atoms with Crippen molar-refractivity contribution in [1.82, 2.24) is 10.3 Å². The van der Waals surface area contributed by atoms with Crippen molar-refractivity contribution < 1.29 is 9.72 Å². The molecule has 0 spiro atoms. The van der Waals surface area contributed by atoms with Crippen LogP contribution in [0.5, 0.6) is 0 Å². The van der Waals surface area contributed by atoms with Crippen LogP contribution >= 0.6 is 0 Å². The molecule has 0 radical (unpaired) electrons. The minimum absolute atomic E-state index is 0.000410. The number of nitrogens with one attached hydrogen (secondary N) is 2. The maximum atomic E-state index is 11.5. The molecule has 0 saturated carbocycles. The Morgan fingerprint density at radius 2 is 2.05 bits per heavy atom. The molecule has 0 saturated heterocycles. The summed E-state index contributed by atoms with van der Waals surface area (Å²) in [5, 5.41) is 18.3. The highest BCUT2D eigenvalue weighted by molar-refractivity contribution is 5.99. The highest BCUT2D eigenvalue weighted by Gasteiger charge is 2.14. The lowest BCUT2D eigenvalue weighted by Gasteiger charge is -2.11. The van der Waals surface area contributed by atoms with Crippen molar-refractivity contribution in [3.63, 3.8) is 0 Å². The van der Waals surface area contributed by atoms with Gasteiger partial charge in [0.2, 0.25) is 5.91 Å². The molecule has 116 valence electrons. The first kappa shape index (κ1) is 15.7. The Kier molecular flexibility index (Phi) is 4.88. The predicted molar refractivity (Wildman–Crippen MR) is 84.7 cm³/mol. The van der Waals surface area contributed by atoms with Crippen molar-refractivity contribution >= 4 is 28.1 Å². The average molecular weight is 302 g/mol. The number of benzene rings is 1. The second-order valence-corrected chi connectivity index (χ2v) is 5.18. The number of aromatic nitrogens is 1. The Bertz CT molecular complexity index is 700. The molecule has 0 aliphatic heterocycles. The van der Waals surface area contributed by atoms with Crippen LogP contribution in [0.4, 0.5) is 11.4 Å². The second kappa shape index (κ2) is 6.84. The van der Waals surface area contributed by atoms with Gasteiger partial charge in [-0.25, -0.2) is 0 Å². The zero-order valence-corrected chi connectivity index (χ0v) is 12.5. The number of amides is 1. The summed E-state index contributed by atoms with van der Waals surface area (Å²) in [6.45, 7) is 4.69. The number of nitro groups is 1. The minimum Gasteiger partial charge on any atom is -0.383 e. The van der Waals surface area contributed by atoms with E-state index in [1.54, 1.807) is 18.3 Å². The number of nitrogens with zero attached hydrogens (tertiary/aromatic N) is 2. The molecule has 1 aromatic carbocycles. The lowest BCUT2D eigenvalue weighted by molar-refractivity contribution is -0.383. The van der Waals surface area contributed by atoms with Crippen LogP contribution < -0.4 is 10.6 Å². The molecular formula is C15H18N4O3. The molecule has 1 aromatic heterocycles.